The molecule has 3 nitrogen and oxygen atoms in total. The Morgan fingerprint density at radius 2 is 2.00 bits per heavy atom. The van der Waals surface area contributed by atoms with Crippen LogP contribution < -0.4 is 0 Å². The maximum absolute atomic E-state index is 4.36. The lowest BCUT2D eigenvalue weighted by Gasteiger charge is -2.19. The molecule has 0 fully saturated rings. The third kappa shape index (κ3) is 4.47. The number of hydrogen-bond acceptors (Lipinski definition) is 2. The van der Waals surface area contributed by atoms with Gasteiger partial charge in [-0.15, -0.1) is 0 Å². The first-order valence-electron chi connectivity index (χ1n) is 5.54. The molecule has 0 aliphatic carbocycles. The fraction of sp³-hybridized carbons (Fsp3) is 0.750. The van der Waals surface area contributed by atoms with Gasteiger partial charge in [0.2, 0.25) is 0 Å². The summed E-state index contributed by atoms with van der Waals surface area (Å²) in [7, 11) is 4.18. The third-order valence-corrected chi connectivity index (χ3v) is 2.27. The first-order valence-corrected chi connectivity index (χ1v) is 5.54. The molecule has 0 aliphatic heterocycles. The molecule has 0 N–H and O–H groups in total. The van der Waals surface area contributed by atoms with Gasteiger partial charge in [-0.25, -0.2) is 0 Å². The Balaban J connectivity index is 2.61. The Hall–Kier alpha value is -0.830. The molecule has 0 spiro atoms. The summed E-state index contributed by atoms with van der Waals surface area (Å²) in [5, 5.41) is 4.36. The van der Waals surface area contributed by atoms with Crippen LogP contribution in [0.5, 0.6) is 0 Å². The number of likely N-dealkylation sites (N-methyl/N-ethyl adjacent to an activating group) is 1. The van der Waals surface area contributed by atoms with Crippen molar-refractivity contribution in [1.29, 1.82) is 0 Å². The first-order chi connectivity index (χ1) is 6.88. The molecule has 0 amide bonds. The van der Waals surface area contributed by atoms with Gasteiger partial charge < -0.3 is 4.90 Å². The van der Waals surface area contributed by atoms with Crippen molar-refractivity contribution in [3.05, 3.63) is 18.0 Å². The van der Waals surface area contributed by atoms with E-state index in [1.54, 1.807) is 0 Å². The van der Waals surface area contributed by atoms with E-state index in [-0.39, 0.29) is 0 Å². The summed E-state index contributed by atoms with van der Waals surface area (Å²) in [5.41, 5.74) is 1.67. The van der Waals surface area contributed by atoms with Crippen LogP contribution in [0.3, 0.4) is 0 Å². The van der Waals surface area contributed by atoms with E-state index in [4.69, 9.17) is 0 Å². The quantitative estimate of drug-likeness (QED) is 0.756. The minimum absolute atomic E-state index is 0.329. The van der Waals surface area contributed by atoms with E-state index < -0.39 is 0 Å². The second kappa shape index (κ2) is 4.79. The van der Waals surface area contributed by atoms with Crippen molar-refractivity contribution in [2.75, 3.05) is 20.6 Å². The van der Waals surface area contributed by atoms with Crippen molar-refractivity contribution in [1.82, 2.24) is 14.7 Å². The molecule has 0 unspecified atom stereocenters. The van der Waals surface area contributed by atoms with Gasteiger partial charge in [0.05, 0.1) is 6.54 Å². The van der Waals surface area contributed by atoms with Crippen LogP contribution in [0.4, 0.5) is 0 Å². The van der Waals surface area contributed by atoms with E-state index in [9.17, 15) is 0 Å². The second-order valence-electron chi connectivity index (χ2n) is 5.59. The fourth-order valence-corrected chi connectivity index (χ4v) is 1.55. The first kappa shape index (κ1) is 12.2. The Morgan fingerprint density at radius 3 is 2.53 bits per heavy atom. The average Bonchev–Trinajstić information content (AvgIpc) is 2.45. The van der Waals surface area contributed by atoms with Crippen LogP contribution in [0.25, 0.3) is 0 Å². The Bertz CT molecular complexity index is 294. The Morgan fingerprint density at radius 1 is 1.33 bits per heavy atom. The zero-order valence-corrected chi connectivity index (χ0v) is 10.6. The van der Waals surface area contributed by atoms with E-state index in [0.29, 0.717) is 5.41 Å². The van der Waals surface area contributed by atoms with E-state index in [0.717, 1.165) is 19.5 Å². The molecule has 0 aliphatic rings. The molecule has 0 saturated carbocycles. The largest absolute Gasteiger partial charge is 0.308 e. The summed E-state index contributed by atoms with van der Waals surface area (Å²) < 4.78 is 2.12. The van der Waals surface area contributed by atoms with E-state index in [2.05, 4.69) is 55.6 Å². The van der Waals surface area contributed by atoms with Crippen LogP contribution in [0.2, 0.25) is 0 Å². The maximum atomic E-state index is 4.36. The van der Waals surface area contributed by atoms with Crippen molar-refractivity contribution in [2.24, 2.45) is 5.41 Å². The van der Waals surface area contributed by atoms with E-state index in [1.807, 2.05) is 6.20 Å². The SMILES string of the molecule is CN(C)CCn1nccc1CC(C)(C)C. The van der Waals surface area contributed by atoms with Crippen molar-refractivity contribution in [2.45, 2.75) is 33.7 Å². The smallest absolute Gasteiger partial charge is 0.0539 e. The average molecular weight is 209 g/mol. The highest BCUT2D eigenvalue weighted by atomic mass is 15.3. The fourth-order valence-electron chi connectivity index (χ4n) is 1.55. The zero-order chi connectivity index (χ0) is 11.5. The van der Waals surface area contributed by atoms with Gasteiger partial charge >= 0.3 is 0 Å². The van der Waals surface area contributed by atoms with Crippen LogP contribution in [0.15, 0.2) is 12.3 Å². The molecule has 1 aromatic heterocycles. The predicted octanol–water partition coefficient (Wildman–Crippen LogP) is 2.03. The lowest BCUT2D eigenvalue weighted by Crippen LogP contribution is -2.21. The summed E-state index contributed by atoms with van der Waals surface area (Å²) >= 11 is 0. The molecule has 86 valence electrons. The summed E-state index contributed by atoms with van der Waals surface area (Å²) in [6.07, 6.45) is 2.98. The lowest BCUT2D eigenvalue weighted by atomic mass is 9.90. The van der Waals surface area contributed by atoms with Crippen LogP contribution in [-0.2, 0) is 13.0 Å². The van der Waals surface area contributed by atoms with Crippen molar-refractivity contribution in [3.63, 3.8) is 0 Å². The molecular formula is C12H23N3. The molecular weight excluding hydrogens is 186 g/mol. The molecule has 0 bridgehead atoms. The monoisotopic (exact) mass is 209 g/mol. The van der Waals surface area contributed by atoms with Gasteiger partial charge in [-0.05, 0) is 32.0 Å². The Labute approximate surface area is 93.1 Å². The summed E-state index contributed by atoms with van der Waals surface area (Å²) in [6, 6.07) is 2.13. The highest BCUT2D eigenvalue weighted by Gasteiger charge is 2.14. The van der Waals surface area contributed by atoms with Gasteiger partial charge in [-0.3, -0.25) is 4.68 Å². The van der Waals surface area contributed by atoms with E-state index >= 15 is 0 Å². The summed E-state index contributed by atoms with van der Waals surface area (Å²) in [4.78, 5) is 2.18. The van der Waals surface area contributed by atoms with Gasteiger partial charge in [-0.2, -0.15) is 5.10 Å². The molecule has 3 heteroatoms. The second-order valence-corrected chi connectivity index (χ2v) is 5.59. The maximum Gasteiger partial charge on any atom is 0.0539 e. The van der Waals surface area contributed by atoms with Gasteiger partial charge in [0.15, 0.2) is 0 Å². The van der Waals surface area contributed by atoms with Gasteiger partial charge in [0.25, 0.3) is 0 Å². The van der Waals surface area contributed by atoms with Crippen LogP contribution in [0, 0.1) is 5.41 Å². The molecule has 1 aromatic rings. The van der Waals surface area contributed by atoms with Crippen molar-refractivity contribution >= 4 is 0 Å². The number of aromatic nitrogens is 2. The number of rotatable bonds is 4. The van der Waals surface area contributed by atoms with Crippen LogP contribution in [0.1, 0.15) is 26.5 Å². The molecule has 1 heterocycles. The van der Waals surface area contributed by atoms with Crippen molar-refractivity contribution < 1.29 is 0 Å². The molecule has 0 atom stereocenters. The summed E-state index contributed by atoms with van der Waals surface area (Å²) in [6.45, 7) is 8.80. The molecule has 0 saturated heterocycles. The van der Waals surface area contributed by atoms with E-state index in [1.165, 1.54) is 5.69 Å². The Kier molecular flexibility index (Phi) is 3.91. The summed E-state index contributed by atoms with van der Waals surface area (Å²) in [5.74, 6) is 0. The minimum atomic E-state index is 0.329. The normalized spacial score (nSPS) is 12.4. The predicted molar refractivity (Wildman–Crippen MR) is 63.9 cm³/mol. The molecule has 1 rings (SSSR count). The molecule has 15 heavy (non-hydrogen) atoms. The minimum Gasteiger partial charge on any atom is -0.308 e. The molecule has 0 aromatic carbocycles. The zero-order valence-electron chi connectivity index (χ0n) is 10.6. The standard InChI is InChI=1S/C12H23N3/c1-12(2,3)10-11-6-7-13-15(11)9-8-14(4)5/h6-7H,8-10H2,1-5H3. The highest BCUT2D eigenvalue weighted by Crippen LogP contribution is 2.20. The third-order valence-electron chi connectivity index (χ3n) is 2.27. The highest BCUT2D eigenvalue weighted by molar-refractivity contribution is 5.03. The topological polar surface area (TPSA) is 21.1 Å². The van der Waals surface area contributed by atoms with Gasteiger partial charge in [-0.1, -0.05) is 20.8 Å². The van der Waals surface area contributed by atoms with Gasteiger partial charge in [0.1, 0.15) is 0 Å². The molecule has 0 radical (unpaired) electrons. The van der Waals surface area contributed by atoms with Crippen molar-refractivity contribution in [3.8, 4) is 0 Å². The van der Waals surface area contributed by atoms with Crippen LogP contribution >= 0.6 is 0 Å². The lowest BCUT2D eigenvalue weighted by molar-refractivity contribution is 0.353. The van der Waals surface area contributed by atoms with Gasteiger partial charge in [0, 0.05) is 18.4 Å². The number of nitrogens with zero attached hydrogens (tertiary/aromatic N) is 3. The number of hydrogen-bond donors (Lipinski definition) is 0. The van der Waals surface area contributed by atoms with Crippen LogP contribution in [-0.4, -0.2) is 35.3 Å².